The lowest BCUT2D eigenvalue weighted by atomic mass is 10.0. The lowest BCUT2D eigenvalue weighted by Gasteiger charge is -2.33. The average Bonchev–Trinajstić information content (AvgIpc) is 2.68. The van der Waals surface area contributed by atoms with Gasteiger partial charge in [0.25, 0.3) is 23.5 Å². The van der Waals surface area contributed by atoms with Crippen LogP contribution in [0.1, 0.15) is 33.6 Å². The molecular weight excluding hydrogens is 269 g/mol. The maximum Gasteiger partial charge on any atom is 0.285 e. The van der Waals surface area contributed by atoms with Crippen LogP contribution in [0.25, 0.3) is 0 Å². The average molecular weight is 277 g/mol. The summed E-state index contributed by atoms with van der Waals surface area (Å²) < 4.78 is 14.8. The van der Waals surface area contributed by atoms with Crippen molar-refractivity contribution in [3.8, 4) is 0 Å². The van der Waals surface area contributed by atoms with Crippen molar-refractivity contribution in [3.05, 3.63) is 29.6 Å². The molecule has 1 fully saturated rings. The van der Waals surface area contributed by atoms with Crippen molar-refractivity contribution < 1.29 is 23.6 Å². The highest BCUT2D eigenvalue weighted by atomic mass is 19.1. The number of hydrogen-bond acceptors (Lipinski definition) is 5. The molecule has 0 bridgehead atoms. The Morgan fingerprint density at radius 1 is 1.20 bits per heavy atom. The number of nitrogens with zero attached hydrogens (tertiary/aromatic N) is 2. The van der Waals surface area contributed by atoms with Crippen molar-refractivity contribution in [2.75, 3.05) is 0 Å². The Labute approximate surface area is 111 Å². The zero-order valence-corrected chi connectivity index (χ0v) is 10.1. The van der Waals surface area contributed by atoms with Crippen LogP contribution >= 0.6 is 0 Å². The Kier molecular flexibility index (Phi) is 2.43. The summed E-state index contributed by atoms with van der Waals surface area (Å²) in [6.07, 6.45) is 1.61. The van der Waals surface area contributed by atoms with E-state index in [0.29, 0.717) is 0 Å². The predicted molar refractivity (Wildman–Crippen MR) is 61.0 cm³/mol. The van der Waals surface area contributed by atoms with Gasteiger partial charge in [-0.1, -0.05) is 0 Å². The Hall–Kier alpha value is -2.64. The molecule has 0 spiro atoms. The number of fused-ring (bicyclic) bond motifs is 1. The van der Waals surface area contributed by atoms with Crippen LogP contribution in [0.5, 0.6) is 0 Å². The van der Waals surface area contributed by atoms with Gasteiger partial charge in [0, 0.05) is 25.2 Å². The second kappa shape index (κ2) is 3.92. The number of carbonyl (C=O) groups is 4. The molecule has 1 atom stereocenters. The molecule has 1 aromatic heterocycles. The number of aromatic nitrogens is 1. The summed E-state index contributed by atoms with van der Waals surface area (Å²) in [5.74, 6) is -6.61. The number of amides is 4. The number of imide groups is 2. The van der Waals surface area contributed by atoms with E-state index < -0.39 is 35.8 Å². The number of carbonyl (C=O) groups excluding carboxylic acids is 4. The summed E-state index contributed by atoms with van der Waals surface area (Å²) in [6, 6.07) is 1.28. The first-order valence-corrected chi connectivity index (χ1v) is 5.81. The van der Waals surface area contributed by atoms with E-state index in [-0.39, 0.29) is 22.4 Å². The molecule has 0 aromatic carbocycles. The van der Waals surface area contributed by atoms with Crippen LogP contribution < -0.4 is 5.32 Å². The SMILES string of the molecule is O=C1CCC(F)(N2C(=O)c3ccncc3C2=O)C(=O)N1. The molecule has 102 valence electrons. The van der Waals surface area contributed by atoms with Gasteiger partial charge in [0.1, 0.15) is 0 Å². The number of pyridine rings is 1. The van der Waals surface area contributed by atoms with Gasteiger partial charge in [0.05, 0.1) is 11.1 Å². The first-order chi connectivity index (χ1) is 9.45. The van der Waals surface area contributed by atoms with Crippen LogP contribution in [0.3, 0.4) is 0 Å². The lowest BCUT2D eigenvalue weighted by molar-refractivity contribution is -0.151. The third-order valence-electron chi connectivity index (χ3n) is 3.33. The lowest BCUT2D eigenvalue weighted by Crippen LogP contribution is -2.61. The van der Waals surface area contributed by atoms with Crippen molar-refractivity contribution in [2.24, 2.45) is 0 Å². The van der Waals surface area contributed by atoms with Crippen molar-refractivity contribution in [1.29, 1.82) is 0 Å². The number of alkyl halides is 1. The molecule has 7 nitrogen and oxygen atoms in total. The van der Waals surface area contributed by atoms with E-state index in [9.17, 15) is 23.6 Å². The fourth-order valence-electron chi connectivity index (χ4n) is 2.30. The van der Waals surface area contributed by atoms with E-state index in [4.69, 9.17) is 0 Å². The first-order valence-electron chi connectivity index (χ1n) is 5.81. The van der Waals surface area contributed by atoms with Gasteiger partial charge >= 0.3 is 0 Å². The van der Waals surface area contributed by atoms with E-state index in [2.05, 4.69) is 4.98 Å². The first kappa shape index (κ1) is 12.4. The Balaban J connectivity index is 2.04. The summed E-state index contributed by atoms with van der Waals surface area (Å²) in [6.45, 7) is 0. The third-order valence-corrected chi connectivity index (χ3v) is 3.33. The standard InChI is InChI=1S/C12H8FN3O4/c13-12(3-1-8(17)15-11(12)20)16-9(18)6-2-4-14-5-7(6)10(16)19/h2,4-5H,1,3H2,(H,15,17,20). The molecule has 4 amide bonds. The van der Waals surface area contributed by atoms with Crippen LogP contribution in [-0.4, -0.2) is 39.3 Å². The van der Waals surface area contributed by atoms with Gasteiger partial charge in [-0.2, -0.15) is 0 Å². The molecule has 20 heavy (non-hydrogen) atoms. The number of halogens is 1. The van der Waals surface area contributed by atoms with Crippen LogP contribution in [0.4, 0.5) is 4.39 Å². The topological polar surface area (TPSA) is 96.4 Å². The number of piperidine rings is 1. The van der Waals surface area contributed by atoms with Crippen LogP contribution in [-0.2, 0) is 9.59 Å². The molecule has 1 N–H and O–H groups in total. The molecule has 1 unspecified atom stereocenters. The van der Waals surface area contributed by atoms with Gasteiger partial charge in [-0.3, -0.25) is 29.5 Å². The van der Waals surface area contributed by atoms with Crippen LogP contribution in [0.2, 0.25) is 0 Å². The Morgan fingerprint density at radius 3 is 2.55 bits per heavy atom. The minimum Gasteiger partial charge on any atom is -0.292 e. The highest BCUT2D eigenvalue weighted by Gasteiger charge is 2.56. The number of hydrogen-bond donors (Lipinski definition) is 1. The van der Waals surface area contributed by atoms with E-state index in [1.54, 1.807) is 5.32 Å². The molecule has 3 heterocycles. The monoisotopic (exact) mass is 277 g/mol. The fourth-order valence-corrected chi connectivity index (χ4v) is 2.30. The molecule has 1 aromatic rings. The molecular formula is C12H8FN3O4. The zero-order chi connectivity index (χ0) is 14.5. The van der Waals surface area contributed by atoms with Gasteiger partial charge in [0.15, 0.2) is 0 Å². The van der Waals surface area contributed by atoms with Gasteiger partial charge in [0.2, 0.25) is 5.91 Å². The summed E-state index contributed by atoms with van der Waals surface area (Å²) in [4.78, 5) is 50.9. The molecule has 0 saturated carbocycles. The van der Waals surface area contributed by atoms with E-state index in [1.165, 1.54) is 12.3 Å². The minimum absolute atomic E-state index is 0.00766. The van der Waals surface area contributed by atoms with Crippen molar-refractivity contribution in [3.63, 3.8) is 0 Å². The van der Waals surface area contributed by atoms with Crippen LogP contribution in [0.15, 0.2) is 18.5 Å². The Morgan fingerprint density at radius 2 is 1.90 bits per heavy atom. The second-order valence-corrected chi connectivity index (χ2v) is 4.50. The molecule has 0 aliphatic carbocycles. The van der Waals surface area contributed by atoms with Gasteiger partial charge in [-0.25, -0.2) is 9.29 Å². The van der Waals surface area contributed by atoms with Crippen molar-refractivity contribution in [1.82, 2.24) is 15.2 Å². The summed E-state index contributed by atoms with van der Waals surface area (Å²) >= 11 is 0. The van der Waals surface area contributed by atoms with E-state index in [1.807, 2.05) is 0 Å². The van der Waals surface area contributed by atoms with Crippen LogP contribution in [0, 0.1) is 0 Å². The van der Waals surface area contributed by atoms with Gasteiger partial charge in [-0.05, 0) is 6.07 Å². The molecule has 8 heteroatoms. The number of rotatable bonds is 1. The van der Waals surface area contributed by atoms with Crippen molar-refractivity contribution in [2.45, 2.75) is 18.6 Å². The smallest absolute Gasteiger partial charge is 0.285 e. The second-order valence-electron chi connectivity index (χ2n) is 4.50. The predicted octanol–water partition coefficient (Wildman–Crippen LogP) is -0.220. The fraction of sp³-hybridized carbons (Fsp3) is 0.250. The van der Waals surface area contributed by atoms with Gasteiger partial charge in [-0.15, -0.1) is 0 Å². The molecule has 2 aliphatic heterocycles. The largest absolute Gasteiger partial charge is 0.292 e. The maximum atomic E-state index is 14.8. The highest BCUT2D eigenvalue weighted by Crippen LogP contribution is 2.34. The summed E-state index contributed by atoms with van der Waals surface area (Å²) in [5.41, 5.74) is -0.0639. The third kappa shape index (κ3) is 1.47. The summed E-state index contributed by atoms with van der Waals surface area (Å²) in [5, 5.41) is 1.80. The minimum atomic E-state index is -2.85. The molecule has 0 radical (unpaired) electrons. The highest BCUT2D eigenvalue weighted by molar-refractivity contribution is 6.23. The molecule has 3 rings (SSSR count). The summed E-state index contributed by atoms with van der Waals surface area (Å²) in [7, 11) is 0. The normalized spacial score (nSPS) is 25.8. The molecule has 1 saturated heterocycles. The van der Waals surface area contributed by atoms with Gasteiger partial charge < -0.3 is 0 Å². The van der Waals surface area contributed by atoms with E-state index >= 15 is 0 Å². The Bertz CT molecular complexity index is 639. The van der Waals surface area contributed by atoms with Crippen molar-refractivity contribution >= 4 is 23.6 Å². The van der Waals surface area contributed by atoms with E-state index in [0.717, 1.165) is 6.20 Å². The zero-order valence-electron chi connectivity index (χ0n) is 10.1. The number of nitrogens with one attached hydrogen (secondary N) is 1. The quantitative estimate of drug-likeness (QED) is 0.565. The molecule has 2 aliphatic rings. The maximum absolute atomic E-state index is 14.8.